The summed E-state index contributed by atoms with van der Waals surface area (Å²) in [6, 6.07) is 5.47. The molecule has 1 aromatic carbocycles. The third-order valence-corrected chi connectivity index (χ3v) is 3.16. The zero-order chi connectivity index (χ0) is 13.2. The maximum Gasteiger partial charge on any atom is 0.148 e. The molecule has 1 saturated heterocycles. The minimum atomic E-state index is -0.119. The summed E-state index contributed by atoms with van der Waals surface area (Å²) >= 11 is 0. The summed E-state index contributed by atoms with van der Waals surface area (Å²) in [7, 11) is 0. The van der Waals surface area contributed by atoms with E-state index in [1.807, 2.05) is 12.1 Å². The molecule has 0 atom stereocenters. The van der Waals surface area contributed by atoms with Gasteiger partial charge in [0.25, 0.3) is 0 Å². The first kappa shape index (κ1) is 13.2. The number of nitrogens with zero attached hydrogens (tertiary/aromatic N) is 1. The van der Waals surface area contributed by atoms with Crippen LogP contribution in [0.15, 0.2) is 18.2 Å². The maximum absolute atomic E-state index is 14.1. The number of nitrogens with one attached hydrogen (secondary N) is 1. The highest BCUT2D eigenvalue weighted by Gasteiger charge is 2.16. The number of benzene rings is 1. The van der Waals surface area contributed by atoms with E-state index in [-0.39, 0.29) is 11.4 Å². The number of halogens is 1. The van der Waals surface area contributed by atoms with Gasteiger partial charge >= 0.3 is 0 Å². The van der Waals surface area contributed by atoms with E-state index in [0.29, 0.717) is 0 Å². The van der Waals surface area contributed by atoms with E-state index in [0.717, 1.165) is 24.5 Å². The maximum atomic E-state index is 14.1. The SMILES string of the molecule is CC(C)(C)Nc1ccc(N2CCCCC2)c(F)c1. The highest BCUT2D eigenvalue weighted by Crippen LogP contribution is 2.26. The van der Waals surface area contributed by atoms with Crippen LogP contribution in [0.2, 0.25) is 0 Å². The van der Waals surface area contributed by atoms with Crippen LogP contribution in [0.25, 0.3) is 0 Å². The third-order valence-electron chi connectivity index (χ3n) is 3.16. The second-order valence-electron chi connectivity index (χ2n) is 6.09. The highest BCUT2D eigenvalue weighted by atomic mass is 19.1. The number of hydrogen-bond acceptors (Lipinski definition) is 2. The average molecular weight is 250 g/mol. The fourth-order valence-electron chi connectivity index (χ4n) is 2.41. The Morgan fingerprint density at radius 1 is 1.11 bits per heavy atom. The number of hydrogen-bond donors (Lipinski definition) is 1. The molecule has 100 valence electrons. The molecule has 0 amide bonds. The molecule has 0 bridgehead atoms. The van der Waals surface area contributed by atoms with Gasteiger partial charge in [-0.05, 0) is 58.2 Å². The molecule has 1 fully saturated rings. The van der Waals surface area contributed by atoms with E-state index in [1.54, 1.807) is 6.07 Å². The molecule has 0 aliphatic carbocycles. The molecule has 18 heavy (non-hydrogen) atoms. The number of rotatable bonds is 2. The first-order chi connectivity index (χ1) is 8.46. The minimum absolute atomic E-state index is 0.0426. The molecule has 3 heteroatoms. The molecular formula is C15H23FN2. The summed E-state index contributed by atoms with van der Waals surface area (Å²) in [5.41, 5.74) is 1.55. The molecule has 1 aromatic rings. The van der Waals surface area contributed by atoms with Gasteiger partial charge in [-0.2, -0.15) is 0 Å². The van der Waals surface area contributed by atoms with E-state index in [4.69, 9.17) is 0 Å². The molecule has 1 aliphatic rings. The molecule has 0 aromatic heterocycles. The van der Waals surface area contributed by atoms with Crippen molar-refractivity contribution in [3.63, 3.8) is 0 Å². The summed E-state index contributed by atoms with van der Waals surface area (Å²) in [5.74, 6) is -0.119. The molecule has 1 heterocycles. The molecule has 0 unspecified atom stereocenters. The molecular weight excluding hydrogens is 227 g/mol. The Hall–Kier alpha value is -1.25. The van der Waals surface area contributed by atoms with E-state index in [1.165, 1.54) is 19.3 Å². The van der Waals surface area contributed by atoms with Crippen molar-refractivity contribution in [2.24, 2.45) is 0 Å². The van der Waals surface area contributed by atoms with Gasteiger partial charge in [0.2, 0.25) is 0 Å². The molecule has 1 N–H and O–H groups in total. The van der Waals surface area contributed by atoms with Gasteiger partial charge in [-0.3, -0.25) is 0 Å². The summed E-state index contributed by atoms with van der Waals surface area (Å²) < 4.78 is 14.1. The van der Waals surface area contributed by atoms with Crippen molar-refractivity contribution in [3.05, 3.63) is 24.0 Å². The molecule has 0 radical (unpaired) electrons. The van der Waals surface area contributed by atoms with Crippen LogP contribution in [0.4, 0.5) is 15.8 Å². The minimum Gasteiger partial charge on any atom is -0.380 e. The largest absolute Gasteiger partial charge is 0.380 e. The van der Waals surface area contributed by atoms with Gasteiger partial charge in [-0.25, -0.2) is 4.39 Å². The molecule has 2 nitrogen and oxygen atoms in total. The monoisotopic (exact) mass is 250 g/mol. The molecule has 0 spiro atoms. The van der Waals surface area contributed by atoms with Crippen LogP contribution in [0.1, 0.15) is 40.0 Å². The first-order valence-corrected chi connectivity index (χ1v) is 6.78. The van der Waals surface area contributed by atoms with Crippen molar-refractivity contribution >= 4 is 11.4 Å². The Morgan fingerprint density at radius 3 is 2.33 bits per heavy atom. The zero-order valence-corrected chi connectivity index (χ0v) is 11.6. The van der Waals surface area contributed by atoms with Gasteiger partial charge in [-0.1, -0.05) is 0 Å². The van der Waals surface area contributed by atoms with Crippen LogP contribution >= 0.6 is 0 Å². The van der Waals surface area contributed by atoms with Gasteiger partial charge in [-0.15, -0.1) is 0 Å². The predicted octanol–water partition coefficient (Wildman–Crippen LogP) is 4.03. The lowest BCUT2D eigenvalue weighted by Gasteiger charge is -2.29. The lowest BCUT2D eigenvalue weighted by Crippen LogP contribution is -2.30. The number of anilines is 2. The van der Waals surface area contributed by atoms with Crippen molar-refractivity contribution < 1.29 is 4.39 Å². The van der Waals surface area contributed by atoms with Gasteiger partial charge < -0.3 is 10.2 Å². The van der Waals surface area contributed by atoms with Crippen LogP contribution in [0, 0.1) is 5.82 Å². The fourth-order valence-corrected chi connectivity index (χ4v) is 2.41. The molecule has 1 aliphatic heterocycles. The zero-order valence-electron chi connectivity index (χ0n) is 11.6. The van der Waals surface area contributed by atoms with E-state index < -0.39 is 0 Å². The van der Waals surface area contributed by atoms with Gasteiger partial charge in [0.05, 0.1) is 5.69 Å². The summed E-state index contributed by atoms with van der Waals surface area (Å²) in [5, 5.41) is 3.29. The Bertz CT molecular complexity index is 403. The standard InChI is InChI=1S/C15H23FN2/c1-15(2,3)17-12-7-8-14(13(16)11-12)18-9-5-4-6-10-18/h7-8,11,17H,4-6,9-10H2,1-3H3. The van der Waals surface area contributed by atoms with Crippen LogP contribution in [0.5, 0.6) is 0 Å². The Morgan fingerprint density at radius 2 is 1.78 bits per heavy atom. The fraction of sp³-hybridized carbons (Fsp3) is 0.600. The van der Waals surface area contributed by atoms with Crippen molar-refractivity contribution in [3.8, 4) is 0 Å². The number of piperidine rings is 1. The Labute approximate surface area is 109 Å². The molecule has 0 saturated carbocycles. The second-order valence-corrected chi connectivity index (χ2v) is 6.09. The van der Waals surface area contributed by atoms with E-state index in [2.05, 4.69) is 31.0 Å². The topological polar surface area (TPSA) is 15.3 Å². The summed E-state index contributed by atoms with van der Waals surface area (Å²) in [6.07, 6.45) is 3.60. The Balaban J connectivity index is 2.14. The van der Waals surface area contributed by atoms with E-state index in [9.17, 15) is 4.39 Å². The van der Waals surface area contributed by atoms with Gasteiger partial charge in [0.15, 0.2) is 0 Å². The lowest BCUT2D eigenvalue weighted by atomic mass is 10.1. The van der Waals surface area contributed by atoms with Crippen LogP contribution in [-0.4, -0.2) is 18.6 Å². The third kappa shape index (κ3) is 3.37. The predicted molar refractivity (Wildman–Crippen MR) is 75.8 cm³/mol. The van der Waals surface area contributed by atoms with Gasteiger partial charge in [0.1, 0.15) is 5.82 Å². The first-order valence-electron chi connectivity index (χ1n) is 6.78. The normalized spacial score (nSPS) is 16.8. The quantitative estimate of drug-likeness (QED) is 0.852. The summed E-state index contributed by atoms with van der Waals surface area (Å²) in [6.45, 7) is 8.17. The lowest BCUT2D eigenvalue weighted by molar-refractivity contribution is 0.556. The van der Waals surface area contributed by atoms with Crippen LogP contribution < -0.4 is 10.2 Å². The second kappa shape index (κ2) is 5.17. The smallest absolute Gasteiger partial charge is 0.148 e. The highest BCUT2D eigenvalue weighted by molar-refractivity contribution is 5.57. The van der Waals surface area contributed by atoms with Crippen LogP contribution in [0.3, 0.4) is 0 Å². The van der Waals surface area contributed by atoms with Crippen molar-refractivity contribution in [2.45, 2.75) is 45.6 Å². The average Bonchev–Trinajstić information content (AvgIpc) is 2.28. The van der Waals surface area contributed by atoms with Crippen molar-refractivity contribution in [1.82, 2.24) is 0 Å². The summed E-state index contributed by atoms with van der Waals surface area (Å²) in [4.78, 5) is 2.15. The van der Waals surface area contributed by atoms with Gasteiger partial charge in [0, 0.05) is 24.3 Å². The Kier molecular flexibility index (Phi) is 3.79. The van der Waals surface area contributed by atoms with Crippen molar-refractivity contribution in [1.29, 1.82) is 0 Å². The van der Waals surface area contributed by atoms with Crippen molar-refractivity contribution in [2.75, 3.05) is 23.3 Å². The van der Waals surface area contributed by atoms with E-state index >= 15 is 0 Å². The van der Waals surface area contributed by atoms with Crippen LogP contribution in [-0.2, 0) is 0 Å². The molecule has 2 rings (SSSR count).